The molecule has 4 nitrogen and oxygen atoms in total. The van der Waals surface area contributed by atoms with Gasteiger partial charge in [0.1, 0.15) is 12.2 Å². The van der Waals surface area contributed by atoms with Gasteiger partial charge in [-0.05, 0) is 13.8 Å². The minimum absolute atomic E-state index is 0.507. The van der Waals surface area contributed by atoms with Crippen LogP contribution in [0.3, 0.4) is 0 Å². The number of rotatable bonds is 2. The average Bonchev–Trinajstić information content (AvgIpc) is 2.12. The second kappa shape index (κ2) is 2.38. The summed E-state index contributed by atoms with van der Waals surface area (Å²) in [5.74, 6) is 0.715. The molecular formula is C6H11N3O. The normalized spacial score (nSPS) is 11.9. The molecule has 0 atom stereocenters. The molecule has 0 radical (unpaired) electrons. The molecule has 0 spiro atoms. The monoisotopic (exact) mass is 141 g/mol. The number of aromatic nitrogens is 3. The standard InChI is InChI=1S/C6H11N3O/c1-6(2,10)3-5-7-4-8-9-5/h4,10H,3H2,1-2H3,(H,7,8,9). The van der Waals surface area contributed by atoms with Crippen molar-refractivity contribution in [2.45, 2.75) is 25.9 Å². The Morgan fingerprint density at radius 2 is 2.40 bits per heavy atom. The molecule has 2 N–H and O–H groups in total. The summed E-state index contributed by atoms with van der Waals surface area (Å²) in [5.41, 5.74) is -0.709. The largest absolute Gasteiger partial charge is 0.390 e. The van der Waals surface area contributed by atoms with Gasteiger partial charge in [0.15, 0.2) is 0 Å². The number of aromatic amines is 1. The Kier molecular flexibility index (Phi) is 1.72. The Morgan fingerprint density at radius 3 is 2.80 bits per heavy atom. The fourth-order valence-corrected chi connectivity index (χ4v) is 0.726. The number of nitrogens with zero attached hydrogens (tertiary/aromatic N) is 2. The number of hydrogen-bond donors (Lipinski definition) is 2. The van der Waals surface area contributed by atoms with Crippen molar-refractivity contribution >= 4 is 0 Å². The third-order valence-electron chi connectivity index (χ3n) is 1.06. The van der Waals surface area contributed by atoms with Gasteiger partial charge in [0.05, 0.1) is 5.60 Å². The van der Waals surface area contributed by atoms with E-state index in [4.69, 9.17) is 0 Å². The average molecular weight is 141 g/mol. The second-order valence-corrected chi connectivity index (χ2v) is 2.92. The fraction of sp³-hybridized carbons (Fsp3) is 0.667. The summed E-state index contributed by atoms with van der Waals surface area (Å²) in [6.07, 6.45) is 1.94. The van der Waals surface area contributed by atoms with Crippen molar-refractivity contribution in [3.05, 3.63) is 12.2 Å². The number of H-pyrrole nitrogens is 1. The minimum atomic E-state index is -0.709. The van der Waals surface area contributed by atoms with E-state index < -0.39 is 5.60 Å². The van der Waals surface area contributed by atoms with Crippen LogP contribution in [0.1, 0.15) is 19.7 Å². The second-order valence-electron chi connectivity index (χ2n) is 2.92. The summed E-state index contributed by atoms with van der Waals surface area (Å²) < 4.78 is 0. The van der Waals surface area contributed by atoms with E-state index in [1.54, 1.807) is 13.8 Å². The van der Waals surface area contributed by atoms with Gasteiger partial charge in [0.2, 0.25) is 0 Å². The lowest BCUT2D eigenvalue weighted by molar-refractivity contribution is 0.0789. The maximum absolute atomic E-state index is 9.30. The van der Waals surface area contributed by atoms with Gasteiger partial charge < -0.3 is 5.11 Å². The molecule has 0 aromatic carbocycles. The maximum atomic E-state index is 9.30. The van der Waals surface area contributed by atoms with Gasteiger partial charge >= 0.3 is 0 Å². The Hall–Kier alpha value is -0.900. The predicted molar refractivity (Wildman–Crippen MR) is 36.4 cm³/mol. The van der Waals surface area contributed by atoms with E-state index in [1.165, 1.54) is 6.33 Å². The smallest absolute Gasteiger partial charge is 0.137 e. The van der Waals surface area contributed by atoms with Crippen LogP contribution in [0, 0.1) is 0 Å². The van der Waals surface area contributed by atoms with E-state index in [9.17, 15) is 5.11 Å². The number of hydrogen-bond acceptors (Lipinski definition) is 3. The first kappa shape index (κ1) is 7.21. The quantitative estimate of drug-likeness (QED) is 0.614. The molecule has 10 heavy (non-hydrogen) atoms. The molecule has 1 aromatic rings. The number of nitrogens with one attached hydrogen (secondary N) is 1. The van der Waals surface area contributed by atoms with E-state index in [-0.39, 0.29) is 0 Å². The molecule has 0 saturated heterocycles. The molecule has 56 valence electrons. The van der Waals surface area contributed by atoms with Crippen molar-refractivity contribution in [2.24, 2.45) is 0 Å². The van der Waals surface area contributed by atoms with Gasteiger partial charge in [-0.1, -0.05) is 0 Å². The van der Waals surface area contributed by atoms with Gasteiger partial charge in [0.25, 0.3) is 0 Å². The van der Waals surface area contributed by atoms with E-state index in [0.29, 0.717) is 12.2 Å². The summed E-state index contributed by atoms with van der Waals surface area (Å²) in [7, 11) is 0. The minimum Gasteiger partial charge on any atom is -0.390 e. The van der Waals surface area contributed by atoms with Crippen LogP contribution in [-0.4, -0.2) is 25.9 Å². The van der Waals surface area contributed by atoms with Crippen molar-refractivity contribution in [1.82, 2.24) is 15.2 Å². The molecule has 1 rings (SSSR count). The van der Waals surface area contributed by atoms with Crippen LogP contribution < -0.4 is 0 Å². The zero-order chi connectivity index (χ0) is 7.61. The fourth-order valence-electron chi connectivity index (χ4n) is 0.726. The Morgan fingerprint density at radius 1 is 1.70 bits per heavy atom. The van der Waals surface area contributed by atoms with Crippen LogP contribution in [0.15, 0.2) is 6.33 Å². The first-order valence-electron chi connectivity index (χ1n) is 3.14. The van der Waals surface area contributed by atoms with Crippen LogP contribution in [0.25, 0.3) is 0 Å². The van der Waals surface area contributed by atoms with E-state index >= 15 is 0 Å². The maximum Gasteiger partial charge on any atom is 0.137 e. The lowest BCUT2D eigenvalue weighted by Crippen LogP contribution is -2.22. The van der Waals surface area contributed by atoms with Gasteiger partial charge in [-0.3, -0.25) is 5.10 Å². The first-order valence-corrected chi connectivity index (χ1v) is 3.14. The van der Waals surface area contributed by atoms with E-state index in [1.807, 2.05) is 0 Å². The summed E-state index contributed by atoms with van der Waals surface area (Å²) in [6, 6.07) is 0. The summed E-state index contributed by atoms with van der Waals surface area (Å²) in [4.78, 5) is 3.87. The van der Waals surface area contributed by atoms with Crippen LogP contribution >= 0.6 is 0 Å². The van der Waals surface area contributed by atoms with Crippen molar-refractivity contribution in [3.8, 4) is 0 Å². The molecule has 0 bridgehead atoms. The Bertz CT molecular complexity index is 187. The molecule has 0 aliphatic rings. The van der Waals surface area contributed by atoms with Crippen LogP contribution in [0.4, 0.5) is 0 Å². The molecule has 0 aliphatic heterocycles. The van der Waals surface area contributed by atoms with E-state index in [2.05, 4.69) is 15.2 Å². The third kappa shape index (κ3) is 2.14. The molecule has 1 heterocycles. The Labute approximate surface area is 59.3 Å². The van der Waals surface area contributed by atoms with Crippen molar-refractivity contribution < 1.29 is 5.11 Å². The van der Waals surface area contributed by atoms with E-state index in [0.717, 1.165) is 0 Å². The molecular weight excluding hydrogens is 130 g/mol. The molecule has 0 fully saturated rings. The molecule has 1 aromatic heterocycles. The summed E-state index contributed by atoms with van der Waals surface area (Å²) in [5, 5.41) is 15.6. The van der Waals surface area contributed by atoms with Crippen molar-refractivity contribution in [3.63, 3.8) is 0 Å². The SMILES string of the molecule is CC(C)(O)Cc1ncn[nH]1. The first-order chi connectivity index (χ1) is 4.58. The zero-order valence-corrected chi connectivity index (χ0v) is 6.13. The van der Waals surface area contributed by atoms with Crippen molar-refractivity contribution in [1.29, 1.82) is 0 Å². The molecule has 0 aliphatic carbocycles. The molecule has 0 amide bonds. The molecule has 0 unspecified atom stereocenters. The summed E-state index contributed by atoms with van der Waals surface area (Å²) in [6.45, 7) is 3.46. The summed E-state index contributed by atoms with van der Waals surface area (Å²) >= 11 is 0. The highest BCUT2D eigenvalue weighted by molar-refractivity contribution is 4.87. The van der Waals surface area contributed by atoms with Gasteiger partial charge in [-0.25, -0.2) is 4.98 Å². The zero-order valence-electron chi connectivity index (χ0n) is 6.13. The molecule has 0 saturated carbocycles. The van der Waals surface area contributed by atoms with Crippen LogP contribution in [-0.2, 0) is 6.42 Å². The highest BCUT2D eigenvalue weighted by Crippen LogP contribution is 2.06. The van der Waals surface area contributed by atoms with Gasteiger partial charge in [-0.15, -0.1) is 0 Å². The predicted octanol–water partition coefficient (Wildman–Crippen LogP) is 0.118. The lowest BCUT2D eigenvalue weighted by Gasteiger charge is -2.13. The van der Waals surface area contributed by atoms with Crippen LogP contribution in [0.2, 0.25) is 0 Å². The van der Waals surface area contributed by atoms with Crippen molar-refractivity contribution in [2.75, 3.05) is 0 Å². The number of aliphatic hydroxyl groups is 1. The van der Waals surface area contributed by atoms with Gasteiger partial charge in [-0.2, -0.15) is 5.10 Å². The van der Waals surface area contributed by atoms with Gasteiger partial charge in [0, 0.05) is 6.42 Å². The third-order valence-corrected chi connectivity index (χ3v) is 1.06. The topological polar surface area (TPSA) is 61.8 Å². The Balaban J connectivity index is 2.57. The highest BCUT2D eigenvalue weighted by Gasteiger charge is 2.14. The highest BCUT2D eigenvalue weighted by atomic mass is 16.3. The molecule has 4 heteroatoms. The van der Waals surface area contributed by atoms with Crippen LogP contribution in [0.5, 0.6) is 0 Å². The lowest BCUT2D eigenvalue weighted by atomic mass is 10.1.